The van der Waals surface area contributed by atoms with E-state index in [1.54, 1.807) is 7.11 Å². The molecule has 3 nitrogen and oxygen atoms in total. The Bertz CT molecular complexity index is 441. The van der Waals surface area contributed by atoms with Crippen LogP contribution in [0.3, 0.4) is 0 Å². The summed E-state index contributed by atoms with van der Waals surface area (Å²) in [5, 5.41) is 0. The molecule has 0 fully saturated rings. The van der Waals surface area contributed by atoms with Crippen LogP contribution >= 0.6 is 0 Å². The average molecular weight is 279 g/mol. The third-order valence-corrected chi connectivity index (χ3v) is 3.53. The summed E-state index contributed by atoms with van der Waals surface area (Å²) in [5.41, 5.74) is 7.33. The van der Waals surface area contributed by atoms with Crippen LogP contribution in [-0.4, -0.2) is 19.8 Å². The van der Waals surface area contributed by atoms with Gasteiger partial charge in [0.2, 0.25) is 0 Å². The van der Waals surface area contributed by atoms with E-state index in [0.717, 1.165) is 17.1 Å². The van der Waals surface area contributed by atoms with E-state index in [2.05, 4.69) is 41.5 Å². The fourth-order valence-corrected chi connectivity index (χ4v) is 1.78. The highest BCUT2D eigenvalue weighted by Gasteiger charge is 2.24. The molecule has 0 radical (unpaired) electrons. The molecule has 0 spiro atoms. The van der Waals surface area contributed by atoms with Crippen LogP contribution in [0.5, 0.6) is 11.5 Å². The van der Waals surface area contributed by atoms with E-state index in [-0.39, 0.29) is 16.9 Å². The van der Waals surface area contributed by atoms with Gasteiger partial charge in [-0.25, -0.2) is 0 Å². The van der Waals surface area contributed by atoms with Gasteiger partial charge >= 0.3 is 0 Å². The molecule has 0 saturated heterocycles. The third-order valence-electron chi connectivity index (χ3n) is 3.53. The van der Waals surface area contributed by atoms with Gasteiger partial charge in [-0.1, -0.05) is 41.5 Å². The monoisotopic (exact) mass is 279 g/mol. The highest BCUT2D eigenvalue weighted by Crippen LogP contribution is 2.34. The first-order valence-corrected chi connectivity index (χ1v) is 7.12. The predicted octanol–water partition coefficient (Wildman–Crippen LogP) is 3.74. The minimum Gasteiger partial charge on any atom is -0.497 e. The molecule has 0 aliphatic carbocycles. The molecule has 0 aromatic heterocycles. The summed E-state index contributed by atoms with van der Waals surface area (Å²) < 4.78 is 11.3. The van der Waals surface area contributed by atoms with Gasteiger partial charge in [-0.05, 0) is 29.0 Å². The Hall–Kier alpha value is -1.22. The van der Waals surface area contributed by atoms with E-state index >= 15 is 0 Å². The van der Waals surface area contributed by atoms with E-state index in [1.807, 2.05) is 18.2 Å². The molecule has 1 aromatic rings. The van der Waals surface area contributed by atoms with Crippen molar-refractivity contribution >= 4 is 0 Å². The maximum atomic E-state index is 6.16. The summed E-state index contributed by atoms with van der Waals surface area (Å²) in [6.07, 6.45) is 0. The molecule has 20 heavy (non-hydrogen) atoms. The standard InChI is InChI=1S/C17H29NO2/c1-16(2,3)13-10-12(19-7)8-9-14(13)20-11-15(18)17(4,5)6/h8-10,15H,11,18H2,1-7H3. The number of ether oxygens (including phenoxy) is 2. The van der Waals surface area contributed by atoms with Crippen molar-refractivity contribution in [2.75, 3.05) is 13.7 Å². The molecule has 1 atom stereocenters. The zero-order valence-electron chi connectivity index (χ0n) is 13.9. The summed E-state index contributed by atoms with van der Waals surface area (Å²) in [7, 11) is 1.68. The van der Waals surface area contributed by atoms with Crippen molar-refractivity contribution in [3.8, 4) is 11.5 Å². The largest absolute Gasteiger partial charge is 0.497 e. The molecule has 0 amide bonds. The molecule has 0 heterocycles. The van der Waals surface area contributed by atoms with E-state index in [4.69, 9.17) is 15.2 Å². The van der Waals surface area contributed by atoms with E-state index < -0.39 is 0 Å². The summed E-state index contributed by atoms with van der Waals surface area (Å²) in [6.45, 7) is 13.4. The highest BCUT2D eigenvalue weighted by atomic mass is 16.5. The number of rotatable bonds is 4. The maximum Gasteiger partial charge on any atom is 0.123 e. The Balaban J connectivity index is 2.95. The number of benzene rings is 1. The van der Waals surface area contributed by atoms with Gasteiger partial charge in [-0.2, -0.15) is 0 Å². The van der Waals surface area contributed by atoms with Gasteiger partial charge in [0, 0.05) is 11.6 Å². The minimum atomic E-state index is -0.00426. The zero-order chi connectivity index (χ0) is 15.6. The van der Waals surface area contributed by atoms with E-state index in [9.17, 15) is 0 Å². The third kappa shape index (κ3) is 4.41. The van der Waals surface area contributed by atoms with E-state index in [1.165, 1.54) is 0 Å². The Labute approximate surface area is 123 Å². The van der Waals surface area contributed by atoms with Crippen LogP contribution in [0.15, 0.2) is 18.2 Å². The van der Waals surface area contributed by atoms with Crippen LogP contribution in [0, 0.1) is 5.41 Å². The first-order valence-electron chi connectivity index (χ1n) is 7.12. The second kappa shape index (κ2) is 6.04. The second-order valence-electron chi connectivity index (χ2n) is 7.40. The lowest BCUT2D eigenvalue weighted by atomic mass is 9.86. The van der Waals surface area contributed by atoms with Gasteiger partial charge in [0.25, 0.3) is 0 Å². The number of hydrogen-bond acceptors (Lipinski definition) is 3. The fraction of sp³-hybridized carbons (Fsp3) is 0.647. The van der Waals surface area contributed by atoms with Gasteiger partial charge in [0.15, 0.2) is 0 Å². The smallest absolute Gasteiger partial charge is 0.123 e. The quantitative estimate of drug-likeness (QED) is 0.913. The minimum absolute atomic E-state index is 0.00239. The number of methoxy groups -OCH3 is 1. The molecule has 1 unspecified atom stereocenters. The lowest BCUT2D eigenvalue weighted by molar-refractivity contribution is 0.202. The Kier molecular flexibility index (Phi) is 5.09. The van der Waals surface area contributed by atoms with Crippen molar-refractivity contribution in [3.05, 3.63) is 23.8 Å². The summed E-state index contributed by atoms with van der Waals surface area (Å²) >= 11 is 0. The van der Waals surface area contributed by atoms with Crippen LogP contribution < -0.4 is 15.2 Å². The van der Waals surface area contributed by atoms with Gasteiger partial charge in [0.05, 0.1) is 7.11 Å². The van der Waals surface area contributed by atoms with Crippen LogP contribution in [-0.2, 0) is 5.41 Å². The molecular formula is C17H29NO2. The van der Waals surface area contributed by atoms with Crippen LogP contribution in [0.4, 0.5) is 0 Å². The average Bonchev–Trinajstić information content (AvgIpc) is 2.33. The molecular weight excluding hydrogens is 250 g/mol. The predicted molar refractivity (Wildman–Crippen MR) is 84.6 cm³/mol. The lowest BCUT2D eigenvalue weighted by Gasteiger charge is -2.29. The Morgan fingerprint density at radius 3 is 2.15 bits per heavy atom. The zero-order valence-corrected chi connectivity index (χ0v) is 13.9. The summed E-state index contributed by atoms with van der Waals surface area (Å²) in [4.78, 5) is 0. The van der Waals surface area contributed by atoms with Crippen molar-refractivity contribution in [2.24, 2.45) is 11.1 Å². The van der Waals surface area contributed by atoms with Gasteiger partial charge < -0.3 is 15.2 Å². The maximum absolute atomic E-state index is 6.16. The molecule has 3 heteroatoms. The first kappa shape index (κ1) is 16.8. The van der Waals surface area contributed by atoms with Crippen LogP contribution in [0.2, 0.25) is 0 Å². The van der Waals surface area contributed by atoms with Gasteiger partial charge in [0.1, 0.15) is 18.1 Å². The van der Waals surface area contributed by atoms with Crippen molar-refractivity contribution < 1.29 is 9.47 Å². The van der Waals surface area contributed by atoms with Gasteiger partial charge in [-0.3, -0.25) is 0 Å². The molecule has 0 saturated carbocycles. The van der Waals surface area contributed by atoms with Crippen LogP contribution in [0.25, 0.3) is 0 Å². The van der Waals surface area contributed by atoms with Crippen molar-refractivity contribution in [1.82, 2.24) is 0 Å². The SMILES string of the molecule is COc1ccc(OCC(N)C(C)(C)C)c(C(C)(C)C)c1. The summed E-state index contributed by atoms with van der Waals surface area (Å²) in [6, 6.07) is 5.93. The van der Waals surface area contributed by atoms with Crippen LogP contribution in [0.1, 0.15) is 47.1 Å². The first-order chi connectivity index (χ1) is 9.05. The molecule has 1 aromatic carbocycles. The molecule has 0 aliphatic rings. The number of nitrogens with two attached hydrogens (primary N) is 1. The fourth-order valence-electron chi connectivity index (χ4n) is 1.78. The molecule has 1 rings (SSSR count). The molecule has 114 valence electrons. The molecule has 2 N–H and O–H groups in total. The Morgan fingerprint density at radius 1 is 1.10 bits per heavy atom. The van der Waals surface area contributed by atoms with E-state index in [0.29, 0.717) is 6.61 Å². The lowest BCUT2D eigenvalue weighted by Crippen LogP contribution is -2.40. The Morgan fingerprint density at radius 2 is 1.70 bits per heavy atom. The molecule has 0 bridgehead atoms. The molecule has 0 aliphatic heterocycles. The van der Waals surface area contributed by atoms with Crippen molar-refractivity contribution in [3.63, 3.8) is 0 Å². The van der Waals surface area contributed by atoms with Gasteiger partial charge in [-0.15, -0.1) is 0 Å². The second-order valence-corrected chi connectivity index (χ2v) is 7.40. The van der Waals surface area contributed by atoms with Crippen molar-refractivity contribution in [1.29, 1.82) is 0 Å². The topological polar surface area (TPSA) is 44.5 Å². The van der Waals surface area contributed by atoms with Crippen molar-refractivity contribution in [2.45, 2.75) is 53.0 Å². The summed E-state index contributed by atoms with van der Waals surface area (Å²) in [5.74, 6) is 1.74. The normalized spacial score (nSPS) is 14.0. The highest BCUT2D eigenvalue weighted by molar-refractivity contribution is 5.44. The number of hydrogen-bond donors (Lipinski definition) is 1.